The molecule has 3 rings (SSSR count). The Bertz CT molecular complexity index is 790. The van der Waals surface area contributed by atoms with Crippen molar-refractivity contribution in [2.45, 2.75) is 13.8 Å². The summed E-state index contributed by atoms with van der Waals surface area (Å²) in [5.74, 6) is 0.831. The van der Waals surface area contributed by atoms with Gasteiger partial charge >= 0.3 is 0 Å². The lowest BCUT2D eigenvalue weighted by Crippen LogP contribution is -2.08. The fourth-order valence-electron chi connectivity index (χ4n) is 2.52. The average molecular weight is 345 g/mol. The molecule has 0 radical (unpaired) electrons. The molecule has 0 N–H and O–H groups in total. The van der Waals surface area contributed by atoms with Crippen LogP contribution in [0.2, 0.25) is 0 Å². The Balaban J connectivity index is 1.69. The highest BCUT2D eigenvalue weighted by atomic mass is 16.6. The lowest BCUT2D eigenvalue weighted by atomic mass is 10.0. The summed E-state index contributed by atoms with van der Waals surface area (Å²) in [6, 6.07) is 26.3. The minimum atomic E-state index is 0.385. The van der Waals surface area contributed by atoms with Gasteiger partial charge in [-0.3, -0.25) is 0 Å². The van der Waals surface area contributed by atoms with Crippen molar-refractivity contribution in [2.75, 3.05) is 13.2 Å². The van der Waals surface area contributed by atoms with Gasteiger partial charge in [0.25, 0.3) is 0 Å². The second-order valence-electron chi connectivity index (χ2n) is 6.17. The first-order valence-electron chi connectivity index (χ1n) is 8.74. The van der Waals surface area contributed by atoms with E-state index in [1.54, 1.807) is 0 Å². The minimum absolute atomic E-state index is 0.385. The van der Waals surface area contributed by atoms with Crippen LogP contribution in [-0.4, -0.2) is 18.9 Å². The van der Waals surface area contributed by atoms with Gasteiger partial charge in [0.1, 0.15) is 18.1 Å². The Morgan fingerprint density at radius 1 is 0.692 bits per heavy atom. The number of nitrogens with zero attached hydrogens (tertiary/aromatic N) is 1. The minimum Gasteiger partial charge on any atom is -0.490 e. The van der Waals surface area contributed by atoms with E-state index >= 15 is 0 Å². The van der Waals surface area contributed by atoms with E-state index in [0.29, 0.717) is 13.2 Å². The monoisotopic (exact) mass is 345 g/mol. The van der Waals surface area contributed by atoms with Crippen LogP contribution < -0.4 is 4.74 Å². The van der Waals surface area contributed by atoms with Crippen LogP contribution in [0.4, 0.5) is 0 Å². The Hall–Kier alpha value is -3.07. The van der Waals surface area contributed by atoms with Crippen LogP contribution in [0.25, 0.3) is 0 Å². The zero-order valence-corrected chi connectivity index (χ0v) is 15.2. The zero-order chi connectivity index (χ0) is 18.2. The molecule has 3 nitrogen and oxygen atoms in total. The maximum absolute atomic E-state index is 5.64. The third-order valence-electron chi connectivity index (χ3n) is 3.99. The van der Waals surface area contributed by atoms with E-state index < -0.39 is 0 Å². The summed E-state index contributed by atoms with van der Waals surface area (Å²) in [6.45, 7) is 4.98. The van der Waals surface area contributed by atoms with E-state index in [0.717, 1.165) is 22.6 Å². The molecule has 132 valence electrons. The molecule has 3 heteroatoms. The topological polar surface area (TPSA) is 30.8 Å². The predicted molar refractivity (Wildman–Crippen MR) is 106 cm³/mol. The Morgan fingerprint density at radius 3 is 1.77 bits per heavy atom. The van der Waals surface area contributed by atoms with Crippen LogP contribution in [0, 0.1) is 13.8 Å². The first kappa shape index (κ1) is 17.7. The maximum Gasteiger partial charge on any atom is 0.151 e. The summed E-state index contributed by atoms with van der Waals surface area (Å²) in [7, 11) is 0. The maximum atomic E-state index is 5.64. The Labute approximate surface area is 154 Å². The summed E-state index contributed by atoms with van der Waals surface area (Å²) in [5.41, 5.74) is 5.32. The van der Waals surface area contributed by atoms with Gasteiger partial charge in [-0.15, -0.1) is 0 Å². The number of hydrogen-bond acceptors (Lipinski definition) is 3. The third kappa shape index (κ3) is 4.96. The van der Waals surface area contributed by atoms with Crippen LogP contribution in [0.1, 0.15) is 22.3 Å². The third-order valence-corrected chi connectivity index (χ3v) is 3.99. The van der Waals surface area contributed by atoms with Crippen LogP contribution in [-0.2, 0) is 4.84 Å². The summed E-state index contributed by atoms with van der Waals surface area (Å²) < 4.78 is 5.64. The zero-order valence-electron chi connectivity index (χ0n) is 15.2. The molecule has 3 aromatic carbocycles. The van der Waals surface area contributed by atoms with E-state index in [9.17, 15) is 0 Å². The van der Waals surface area contributed by atoms with E-state index in [2.05, 4.69) is 67.5 Å². The van der Waals surface area contributed by atoms with E-state index in [1.807, 2.05) is 30.3 Å². The van der Waals surface area contributed by atoms with Crippen molar-refractivity contribution in [1.82, 2.24) is 0 Å². The standard InChI is InChI=1S/C23H23NO2/c1-18-8-12-20(13-9-18)23(21-14-10-19(2)11-15-21)24-26-17-16-25-22-6-4-3-5-7-22/h3-15H,16-17H2,1-2H3. The smallest absolute Gasteiger partial charge is 0.151 e. The quantitative estimate of drug-likeness (QED) is 0.337. The molecule has 0 heterocycles. The largest absolute Gasteiger partial charge is 0.490 e. The molecule has 0 spiro atoms. The lowest BCUT2D eigenvalue weighted by Gasteiger charge is -2.09. The van der Waals surface area contributed by atoms with Gasteiger partial charge < -0.3 is 9.57 Å². The summed E-state index contributed by atoms with van der Waals surface area (Å²) in [4.78, 5) is 5.55. The number of hydrogen-bond donors (Lipinski definition) is 0. The summed E-state index contributed by atoms with van der Waals surface area (Å²) in [5, 5.41) is 4.39. The van der Waals surface area contributed by atoms with Crippen molar-refractivity contribution in [3.05, 3.63) is 101 Å². The van der Waals surface area contributed by atoms with Crippen molar-refractivity contribution in [2.24, 2.45) is 5.16 Å². The second kappa shape index (κ2) is 8.86. The molecule has 0 saturated heterocycles. The van der Waals surface area contributed by atoms with Crippen molar-refractivity contribution in [3.8, 4) is 5.75 Å². The molecule has 0 aliphatic heterocycles. The molecule has 0 unspecified atom stereocenters. The molecule has 0 atom stereocenters. The SMILES string of the molecule is Cc1ccc(C(=NOCCOc2ccccc2)c2ccc(C)cc2)cc1. The van der Waals surface area contributed by atoms with Gasteiger partial charge in [-0.2, -0.15) is 0 Å². The highest BCUT2D eigenvalue weighted by Gasteiger charge is 2.08. The average Bonchev–Trinajstić information content (AvgIpc) is 2.67. The van der Waals surface area contributed by atoms with E-state index in [4.69, 9.17) is 9.57 Å². The van der Waals surface area contributed by atoms with E-state index in [-0.39, 0.29) is 0 Å². The fraction of sp³-hybridized carbons (Fsp3) is 0.174. The van der Waals surface area contributed by atoms with Gasteiger partial charge in [0.2, 0.25) is 0 Å². The number of aryl methyl sites for hydroxylation is 2. The van der Waals surface area contributed by atoms with Crippen LogP contribution in [0.3, 0.4) is 0 Å². The highest BCUT2D eigenvalue weighted by molar-refractivity contribution is 6.12. The molecule has 0 aromatic heterocycles. The number of benzene rings is 3. The normalized spacial score (nSPS) is 10.2. The highest BCUT2D eigenvalue weighted by Crippen LogP contribution is 2.14. The number of para-hydroxylation sites is 1. The number of rotatable bonds is 7. The van der Waals surface area contributed by atoms with Crippen molar-refractivity contribution >= 4 is 5.71 Å². The first-order valence-corrected chi connectivity index (χ1v) is 8.74. The summed E-state index contributed by atoms with van der Waals surface area (Å²) in [6.07, 6.45) is 0. The fourth-order valence-corrected chi connectivity index (χ4v) is 2.52. The van der Waals surface area contributed by atoms with Crippen molar-refractivity contribution in [1.29, 1.82) is 0 Å². The first-order chi connectivity index (χ1) is 12.7. The van der Waals surface area contributed by atoms with Crippen LogP contribution in [0.5, 0.6) is 5.75 Å². The van der Waals surface area contributed by atoms with E-state index in [1.165, 1.54) is 11.1 Å². The lowest BCUT2D eigenvalue weighted by molar-refractivity contribution is 0.107. The van der Waals surface area contributed by atoms with Crippen molar-refractivity contribution in [3.63, 3.8) is 0 Å². The van der Waals surface area contributed by atoms with Crippen LogP contribution >= 0.6 is 0 Å². The molecule has 0 aliphatic carbocycles. The van der Waals surface area contributed by atoms with Gasteiger partial charge in [-0.1, -0.05) is 83.0 Å². The summed E-state index contributed by atoms with van der Waals surface area (Å²) >= 11 is 0. The number of oxime groups is 1. The molecule has 0 saturated carbocycles. The van der Waals surface area contributed by atoms with Gasteiger partial charge in [-0.05, 0) is 26.0 Å². The van der Waals surface area contributed by atoms with Crippen LogP contribution in [0.15, 0.2) is 84.0 Å². The van der Waals surface area contributed by atoms with Gasteiger partial charge in [0.05, 0.1) is 0 Å². The van der Waals surface area contributed by atoms with Gasteiger partial charge in [0, 0.05) is 11.1 Å². The molecule has 26 heavy (non-hydrogen) atoms. The molecular formula is C23H23NO2. The Kier molecular flexibility index (Phi) is 6.05. The van der Waals surface area contributed by atoms with Gasteiger partial charge in [0.15, 0.2) is 6.61 Å². The molecular weight excluding hydrogens is 322 g/mol. The molecule has 0 bridgehead atoms. The van der Waals surface area contributed by atoms with Crippen molar-refractivity contribution < 1.29 is 9.57 Å². The van der Waals surface area contributed by atoms with Gasteiger partial charge in [-0.25, -0.2) is 0 Å². The predicted octanol–water partition coefficient (Wildman–Crippen LogP) is 5.15. The molecule has 3 aromatic rings. The molecule has 0 aliphatic rings. The molecule has 0 amide bonds. The molecule has 0 fully saturated rings. The number of ether oxygens (including phenoxy) is 1. The Morgan fingerprint density at radius 2 is 1.23 bits per heavy atom. The second-order valence-corrected chi connectivity index (χ2v) is 6.17.